The van der Waals surface area contributed by atoms with E-state index >= 15 is 0 Å². The van der Waals surface area contributed by atoms with Crippen molar-refractivity contribution in [2.24, 2.45) is 5.10 Å². The number of nitrogens with one attached hydrogen (secondary N) is 2. The highest BCUT2D eigenvalue weighted by atomic mass is 35.5. The molecule has 0 amide bonds. The van der Waals surface area contributed by atoms with E-state index in [0.717, 1.165) is 6.07 Å². The molecule has 13 heteroatoms. The third-order valence-corrected chi connectivity index (χ3v) is 6.01. The minimum absolute atomic E-state index is 0.0293. The monoisotopic (exact) mass is 510 g/mol. The number of nitrogens with zero attached hydrogens (tertiary/aromatic N) is 2. The van der Waals surface area contributed by atoms with E-state index in [-0.39, 0.29) is 22.0 Å². The van der Waals surface area contributed by atoms with Crippen LogP contribution in [0.3, 0.4) is 0 Å². The number of hydrogen-bond donors (Lipinski definition) is 2. The second-order valence-corrected chi connectivity index (χ2v) is 8.88. The number of ether oxygens (including phenoxy) is 1. The standard InChI is InChI=1S/C21H17ClF2N4O5S/c1-13(14-5-7-17(8-6-14)33-21(23)24)25-26-19-10-9-18(12-20(19)28(29)30)34(31,32)27-16-4-2-3-15(22)11-16/h2-12,21,26-27H,1H3/b25-13-. The molecule has 3 aromatic rings. The van der Waals surface area contributed by atoms with Gasteiger partial charge in [0.15, 0.2) is 0 Å². The molecule has 0 aromatic heterocycles. The quantitative estimate of drug-likeness (QED) is 0.223. The third-order valence-electron chi connectivity index (χ3n) is 4.39. The molecule has 0 atom stereocenters. The number of hydrogen-bond acceptors (Lipinski definition) is 7. The Morgan fingerprint density at radius 3 is 2.44 bits per heavy atom. The zero-order valence-electron chi connectivity index (χ0n) is 17.4. The lowest BCUT2D eigenvalue weighted by Crippen LogP contribution is -2.13. The average molecular weight is 511 g/mol. The Bertz CT molecular complexity index is 1340. The first-order valence-corrected chi connectivity index (χ1v) is 11.3. The summed E-state index contributed by atoms with van der Waals surface area (Å²) in [7, 11) is -4.13. The lowest BCUT2D eigenvalue weighted by Gasteiger charge is -2.10. The lowest BCUT2D eigenvalue weighted by atomic mass is 10.1. The lowest BCUT2D eigenvalue weighted by molar-refractivity contribution is -0.384. The number of nitro benzene ring substituents is 1. The average Bonchev–Trinajstić information content (AvgIpc) is 2.77. The van der Waals surface area contributed by atoms with E-state index in [4.69, 9.17) is 11.6 Å². The van der Waals surface area contributed by atoms with E-state index in [1.165, 1.54) is 48.5 Å². The van der Waals surface area contributed by atoms with Crippen LogP contribution in [0.15, 0.2) is 76.7 Å². The molecule has 0 heterocycles. The van der Waals surface area contributed by atoms with Gasteiger partial charge in [0, 0.05) is 11.1 Å². The normalized spacial score (nSPS) is 11.9. The van der Waals surface area contributed by atoms with Crippen LogP contribution in [-0.2, 0) is 10.0 Å². The first-order chi connectivity index (χ1) is 16.0. The second-order valence-electron chi connectivity index (χ2n) is 6.76. The van der Waals surface area contributed by atoms with Crippen molar-refractivity contribution in [3.05, 3.63) is 87.4 Å². The molecule has 3 aromatic carbocycles. The highest BCUT2D eigenvalue weighted by Gasteiger charge is 2.22. The van der Waals surface area contributed by atoms with Crippen LogP contribution >= 0.6 is 11.6 Å². The Labute approximate surface area is 198 Å². The highest BCUT2D eigenvalue weighted by molar-refractivity contribution is 7.92. The Morgan fingerprint density at radius 1 is 1.12 bits per heavy atom. The fraction of sp³-hybridized carbons (Fsp3) is 0.0952. The van der Waals surface area contributed by atoms with Gasteiger partial charge in [-0.2, -0.15) is 13.9 Å². The van der Waals surface area contributed by atoms with Gasteiger partial charge in [0.2, 0.25) is 0 Å². The summed E-state index contributed by atoms with van der Waals surface area (Å²) in [5.74, 6) is -0.0293. The molecular formula is C21H17ClF2N4O5S. The minimum Gasteiger partial charge on any atom is -0.435 e. The van der Waals surface area contributed by atoms with Crippen LogP contribution < -0.4 is 14.9 Å². The maximum atomic E-state index is 12.7. The number of benzene rings is 3. The van der Waals surface area contributed by atoms with Crippen molar-refractivity contribution in [1.29, 1.82) is 0 Å². The molecule has 9 nitrogen and oxygen atoms in total. The summed E-state index contributed by atoms with van der Waals surface area (Å²) in [6.07, 6.45) is 0. The zero-order chi connectivity index (χ0) is 24.9. The SMILES string of the molecule is C/C(=N/Nc1ccc(S(=O)(=O)Nc2cccc(Cl)c2)cc1[N+](=O)[O-])c1ccc(OC(F)F)cc1. The van der Waals surface area contributed by atoms with E-state index in [1.807, 2.05) is 0 Å². The minimum atomic E-state index is -4.13. The van der Waals surface area contributed by atoms with Crippen molar-refractivity contribution in [2.45, 2.75) is 18.4 Å². The molecule has 0 aliphatic rings. The van der Waals surface area contributed by atoms with Gasteiger partial charge in [-0.3, -0.25) is 20.3 Å². The largest absolute Gasteiger partial charge is 0.435 e. The smallest absolute Gasteiger partial charge is 0.387 e. The summed E-state index contributed by atoms with van der Waals surface area (Å²) < 4.78 is 56.4. The maximum Gasteiger partial charge on any atom is 0.387 e. The Balaban J connectivity index is 1.82. The van der Waals surface area contributed by atoms with E-state index in [1.54, 1.807) is 19.1 Å². The predicted molar refractivity (Wildman–Crippen MR) is 124 cm³/mol. The van der Waals surface area contributed by atoms with Crippen LogP contribution in [0.2, 0.25) is 5.02 Å². The summed E-state index contributed by atoms with van der Waals surface area (Å²) in [5.41, 5.74) is 3.09. The molecular weight excluding hydrogens is 494 g/mol. The van der Waals surface area contributed by atoms with Crippen LogP contribution in [0.5, 0.6) is 5.75 Å². The van der Waals surface area contributed by atoms with Crippen molar-refractivity contribution in [2.75, 3.05) is 10.1 Å². The molecule has 0 fully saturated rings. The summed E-state index contributed by atoms with van der Waals surface area (Å²) in [6.45, 7) is -1.36. The van der Waals surface area contributed by atoms with Crippen LogP contribution in [0.25, 0.3) is 0 Å². The number of sulfonamides is 1. The highest BCUT2D eigenvalue weighted by Crippen LogP contribution is 2.29. The topological polar surface area (TPSA) is 123 Å². The molecule has 0 bridgehead atoms. The number of alkyl halides is 2. The maximum absolute atomic E-state index is 12.7. The summed E-state index contributed by atoms with van der Waals surface area (Å²) in [4.78, 5) is 10.5. The van der Waals surface area contributed by atoms with Crippen molar-refractivity contribution in [1.82, 2.24) is 0 Å². The Morgan fingerprint density at radius 2 is 1.82 bits per heavy atom. The number of hydrazone groups is 1. The van der Waals surface area contributed by atoms with Gasteiger partial charge in [0.1, 0.15) is 11.4 Å². The van der Waals surface area contributed by atoms with Crippen LogP contribution in [0, 0.1) is 10.1 Å². The van der Waals surface area contributed by atoms with Crippen molar-refractivity contribution in [3.63, 3.8) is 0 Å². The number of nitro groups is 1. The van der Waals surface area contributed by atoms with Gasteiger partial charge >= 0.3 is 6.61 Å². The Hall–Kier alpha value is -3.77. The Kier molecular flexibility index (Phi) is 7.64. The molecule has 178 valence electrons. The van der Waals surface area contributed by atoms with Crippen LogP contribution in [0.4, 0.5) is 25.8 Å². The summed E-state index contributed by atoms with van der Waals surface area (Å²) in [5, 5.41) is 15.9. The number of halogens is 3. The van der Waals surface area contributed by atoms with Crippen molar-refractivity contribution >= 4 is 44.4 Å². The number of rotatable bonds is 9. The molecule has 34 heavy (non-hydrogen) atoms. The fourth-order valence-electron chi connectivity index (χ4n) is 2.78. The first kappa shape index (κ1) is 24.9. The van der Waals surface area contributed by atoms with E-state index < -0.39 is 27.2 Å². The van der Waals surface area contributed by atoms with E-state index in [0.29, 0.717) is 16.3 Å². The molecule has 2 N–H and O–H groups in total. The van der Waals surface area contributed by atoms with Gasteiger partial charge in [-0.15, -0.1) is 0 Å². The van der Waals surface area contributed by atoms with Gasteiger partial charge in [-0.1, -0.05) is 17.7 Å². The molecule has 0 saturated heterocycles. The summed E-state index contributed by atoms with van der Waals surface area (Å²) >= 11 is 5.86. The summed E-state index contributed by atoms with van der Waals surface area (Å²) in [6, 6.07) is 14.9. The van der Waals surface area contributed by atoms with E-state index in [2.05, 4.69) is 20.0 Å². The molecule has 0 aliphatic heterocycles. The predicted octanol–water partition coefficient (Wildman–Crippen LogP) is 5.49. The molecule has 0 saturated carbocycles. The number of anilines is 2. The van der Waals surface area contributed by atoms with Crippen LogP contribution in [0.1, 0.15) is 12.5 Å². The van der Waals surface area contributed by atoms with Crippen molar-refractivity contribution in [3.8, 4) is 5.75 Å². The van der Waals surface area contributed by atoms with Gasteiger partial charge in [-0.05, 0) is 67.1 Å². The molecule has 0 spiro atoms. The van der Waals surface area contributed by atoms with Gasteiger partial charge < -0.3 is 4.74 Å². The molecule has 0 aliphatic carbocycles. The zero-order valence-corrected chi connectivity index (χ0v) is 19.0. The van der Waals surface area contributed by atoms with Gasteiger partial charge in [0.05, 0.1) is 21.2 Å². The molecule has 3 rings (SSSR count). The van der Waals surface area contributed by atoms with Crippen LogP contribution in [-0.4, -0.2) is 25.7 Å². The fourth-order valence-corrected chi connectivity index (χ4v) is 4.04. The van der Waals surface area contributed by atoms with Crippen molar-refractivity contribution < 1.29 is 26.9 Å². The molecule has 0 unspecified atom stereocenters. The van der Waals surface area contributed by atoms with Gasteiger partial charge in [0.25, 0.3) is 15.7 Å². The van der Waals surface area contributed by atoms with E-state index in [9.17, 15) is 27.3 Å². The third kappa shape index (κ3) is 6.39. The second kappa shape index (κ2) is 10.4. The van der Waals surface area contributed by atoms with Gasteiger partial charge in [-0.25, -0.2) is 8.42 Å². The first-order valence-electron chi connectivity index (χ1n) is 9.47. The molecule has 0 radical (unpaired) electrons.